The molecule has 1 saturated carbocycles. The molecule has 0 aromatic heterocycles. The summed E-state index contributed by atoms with van der Waals surface area (Å²) < 4.78 is 4.99. The van der Waals surface area contributed by atoms with Gasteiger partial charge in [-0.1, -0.05) is 6.92 Å². The second-order valence-corrected chi connectivity index (χ2v) is 3.75. The van der Waals surface area contributed by atoms with Gasteiger partial charge in [0.15, 0.2) is 0 Å². The molecule has 0 aromatic rings. The molecule has 1 amide bonds. The Morgan fingerprint density at radius 1 is 1.69 bits per heavy atom. The minimum atomic E-state index is -0.281. The van der Waals surface area contributed by atoms with Crippen molar-refractivity contribution in [2.24, 2.45) is 11.7 Å². The molecule has 1 aliphatic rings. The highest BCUT2D eigenvalue weighted by Crippen LogP contribution is 2.20. The van der Waals surface area contributed by atoms with Gasteiger partial charge in [-0.25, -0.2) is 0 Å². The van der Waals surface area contributed by atoms with Crippen molar-refractivity contribution in [1.29, 1.82) is 0 Å². The first-order chi connectivity index (χ1) is 6.15. The number of nitrogens with one attached hydrogen (secondary N) is 1. The molecule has 0 saturated heterocycles. The Morgan fingerprint density at radius 3 is 2.69 bits per heavy atom. The van der Waals surface area contributed by atoms with Gasteiger partial charge in [0.25, 0.3) is 0 Å². The highest BCUT2D eigenvalue weighted by molar-refractivity contribution is 5.80. The molecule has 4 heteroatoms. The SMILES string of the molecule is COCC(C)C(NC1CC1)C(N)=O. The monoisotopic (exact) mass is 186 g/mol. The van der Waals surface area contributed by atoms with Crippen molar-refractivity contribution >= 4 is 5.91 Å². The molecule has 0 aliphatic heterocycles. The molecule has 1 aliphatic carbocycles. The van der Waals surface area contributed by atoms with Gasteiger partial charge in [0.2, 0.25) is 5.91 Å². The van der Waals surface area contributed by atoms with Gasteiger partial charge in [0.1, 0.15) is 0 Å². The average molecular weight is 186 g/mol. The second-order valence-electron chi connectivity index (χ2n) is 3.75. The number of nitrogens with two attached hydrogens (primary N) is 1. The molecule has 3 N–H and O–H groups in total. The maximum atomic E-state index is 11.1. The van der Waals surface area contributed by atoms with Crippen LogP contribution in [0.2, 0.25) is 0 Å². The van der Waals surface area contributed by atoms with Gasteiger partial charge >= 0.3 is 0 Å². The Hall–Kier alpha value is -0.610. The van der Waals surface area contributed by atoms with E-state index in [2.05, 4.69) is 5.32 Å². The van der Waals surface area contributed by atoms with Crippen LogP contribution in [0.15, 0.2) is 0 Å². The van der Waals surface area contributed by atoms with Crippen LogP contribution in [0.5, 0.6) is 0 Å². The number of hydrogen-bond donors (Lipinski definition) is 2. The van der Waals surface area contributed by atoms with Crippen LogP contribution in [0.3, 0.4) is 0 Å². The van der Waals surface area contributed by atoms with E-state index in [0.29, 0.717) is 12.6 Å². The maximum Gasteiger partial charge on any atom is 0.234 e. The largest absolute Gasteiger partial charge is 0.384 e. The van der Waals surface area contributed by atoms with Crippen molar-refractivity contribution in [3.05, 3.63) is 0 Å². The predicted octanol–water partition coefficient (Wildman–Crippen LogP) is -0.125. The lowest BCUT2D eigenvalue weighted by atomic mass is 10.0. The van der Waals surface area contributed by atoms with Gasteiger partial charge in [0, 0.05) is 19.1 Å². The summed E-state index contributed by atoms with van der Waals surface area (Å²) in [7, 11) is 1.63. The topological polar surface area (TPSA) is 64.3 Å². The Balaban J connectivity index is 2.39. The lowest BCUT2D eigenvalue weighted by molar-refractivity contribution is -0.121. The zero-order valence-corrected chi connectivity index (χ0v) is 8.25. The number of amides is 1. The van der Waals surface area contributed by atoms with E-state index in [4.69, 9.17) is 10.5 Å². The molecule has 0 spiro atoms. The van der Waals surface area contributed by atoms with Crippen molar-refractivity contribution in [1.82, 2.24) is 5.32 Å². The van der Waals surface area contributed by atoms with E-state index >= 15 is 0 Å². The van der Waals surface area contributed by atoms with Crippen molar-refractivity contribution < 1.29 is 9.53 Å². The summed E-state index contributed by atoms with van der Waals surface area (Å²) in [5, 5.41) is 3.22. The van der Waals surface area contributed by atoms with Gasteiger partial charge in [0.05, 0.1) is 12.6 Å². The van der Waals surface area contributed by atoms with Crippen LogP contribution >= 0.6 is 0 Å². The molecular formula is C9H18N2O2. The minimum absolute atomic E-state index is 0.142. The number of rotatable bonds is 6. The quantitative estimate of drug-likeness (QED) is 0.607. The highest BCUT2D eigenvalue weighted by atomic mass is 16.5. The van der Waals surface area contributed by atoms with Crippen LogP contribution in [0.4, 0.5) is 0 Å². The molecular weight excluding hydrogens is 168 g/mol. The van der Waals surface area contributed by atoms with Crippen molar-refractivity contribution in [2.45, 2.75) is 31.8 Å². The van der Waals surface area contributed by atoms with Crippen molar-refractivity contribution in [3.8, 4) is 0 Å². The fraction of sp³-hybridized carbons (Fsp3) is 0.889. The minimum Gasteiger partial charge on any atom is -0.384 e. The summed E-state index contributed by atoms with van der Waals surface area (Å²) in [6.07, 6.45) is 2.31. The smallest absolute Gasteiger partial charge is 0.234 e. The maximum absolute atomic E-state index is 11.1. The van der Waals surface area contributed by atoms with E-state index in [1.54, 1.807) is 7.11 Å². The van der Waals surface area contributed by atoms with Crippen LogP contribution in [0, 0.1) is 5.92 Å². The van der Waals surface area contributed by atoms with Gasteiger partial charge in [-0.3, -0.25) is 4.79 Å². The Bertz CT molecular complexity index is 180. The van der Waals surface area contributed by atoms with E-state index < -0.39 is 0 Å². The van der Waals surface area contributed by atoms with Crippen molar-refractivity contribution in [2.75, 3.05) is 13.7 Å². The summed E-state index contributed by atoms with van der Waals surface area (Å²) in [5.74, 6) is -0.139. The first kappa shape index (κ1) is 10.5. The third kappa shape index (κ3) is 3.32. The van der Waals surface area contributed by atoms with Crippen LogP contribution in [0.25, 0.3) is 0 Å². The second kappa shape index (κ2) is 4.58. The molecule has 76 valence electrons. The van der Waals surface area contributed by atoms with E-state index in [0.717, 1.165) is 12.8 Å². The van der Waals surface area contributed by atoms with Crippen LogP contribution < -0.4 is 11.1 Å². The van der Waals surface area contributed by atoms with Gasteiger partial charge in [-0.2, -0.15) is 0 Å². The summed E-state index contributed by atoms with van der Waals surface area (Å²) in [5.41, 5.74) is 5.29. The predicted molar refractivity (Wildman–Crippen MR) is 50.2 cm³/mol. The standard InChI is InChI=1S/C9H18N2O2/c1-6(5-13-2)8(9(10)12)11-7-3-4-7/h6-8,11H,3-5H2,1-2H3,(H2,10,12). The van der Waals surface area contributed by atoms with E-state index in [1.165, 1.54) is 0 Å². The van der Waals surface area contributed by atoms with Gasteiger partial charge in [-0.05, 0) is 12.8 Å². The zero-order chi connectivity index (χ0) is 9.84. The number of primary amides is 1. The molecule has 2 unspecified atom stereocenters. The molecule has 0 bridgehead atoms. The molecule has 0 heterocycles. The molecule has 1 rings (SSSR count). The third-order valence-corrected chi connectivity index (χ3v) is 2.30. The van der Waals surface area contributed by atoms with E-state index in [1.807, 2.05) is 6.92 Å². The number of carbonyl (C=O) groups excluding carboxylic acids is 1. The first-order valence-electron chi connectivity index (χ1n) is 4.69. The zero-order valence-electron chi connectivity index (χ0n) is 8.25. The fourth-order valence-corrected chi connectivity index (χ4v) is 1.39. The van der Waals surface area contributed by atoms with Crippen LogP contribution in [-0.4, -0.2) is 31.7 Å². The molecule has 0 aromatic carbocycles. The van der Waals surface area contributed by atoms with Crippen molar-refractivity contribution in [3.63, 3.8) is 0 Å². The number of methoxy groups -OCH3 is 1. The Morgan fingerprint density at radius 2 is 2.31 bits per heavy atom. The fourth-order valence-electron chi connectivity index (χ4n) is 1.39. The van der Waals surface area contributed by atoms with E-state index in [-0.39, 0.29) is 17.9 Å². The molecule has 0 radical (unpaired) electrons. The summed E-state index contributed by atoms with van der Waals surface area (Å²) >= 11 is 0. The number of carbonyl (C=O) groups is 1. The van der Waals surface area contributed by atoms with Crippen LogP contribution in [0.1, 0.15) is 19.8 Å². The Kier molecular flexibility index (Phi) is 3.69. The number of ether oxygens (including phenoxy) is 1. The van der Waals surface area contributed by atoms with Gasteiger partial charge in [-0.15, -0.1) is 0 Å². The summed E-state index contributed by atoms with van der Waals surface area (Å²) in [6.45, 7) is 2.53. The Labute approximate surface area is 78.8 Å². The lowest BCUT2D eigenvalue weighted by Crippen LogP contribution is -2.47. The van der Waals surface area contributed by atoms with E-state index in [9.17, 15) is 4.79 Å². The van der Waals surface area contributed by atoms with Gasteiger partial charge < -0.3 is 15.8 Å². The average Bonchev–Trinajstić information content (AvgIpc) is 2.83. The number of hydrogen-bond acceptors (Lipinski definition) is 3. The molecule has 2 atom stereocenters. The lowest BCUT2D eigenvalue weighted by Gasteiger charge is -2.21. The molecule has 1 fully saturated rings. The van der Waals surface area contributed by atoms with Crippen LogP contribution in [-0.2, 0) is 9.53 Å². The summed E-state index contributed by atoms with van der Waals surface area (Å²) in [6, 6.07) is 0.254. The molecule has 4 nitrogen and oxygen atoms in total. The highest BCUT2D eigenvalue weighted by Gasteiger charge is 2.30. The third-order valence-electron chi connectivity index (χ3n) is 2.30. The first-order valence-corrected chi connectivity index (χ1v) is 4.69. The summed E-state index contributed by atoms with van der Waals surface area (Å²) in [4.78, 5) is 11.1. The normalized spacial score (nSPS) is 21.1. The molecule has 13 heavy (non-hydrogen) atoms.